The number of fused-ring (bicyclic) bond motifs is 1. The predicted octanol–water partition coefficient (Wildman–Crippen LogP) is 2.95. The summed E-state index contributed by atoms with van der Waals surface area (Å²) in [6, 6.07) is 0. The molecule has 6 atom stereocenters. The fraction of sp³-hybridized carbons (Fsp3) is 0.833. The van der Waals surface area contributed by atoms with Gasteiger partial charge in [0.1, 0.15) is 17.8 Å². The van der Waals surface area contributed by atoms with E-state index in [0.717, 1.165) is 32.1 Å². The molecule has 3 aliphatic carbocycles. The highest BCUT2D eigenvalue weighted by Crippen LogP contribution is 2.59. The molecule has 0 N–H and O–H groups in total. The van der Waals surface area contributed by atoms with Gasteiger partial charge in [-0.25, -0.2) is 4.79 Å². The second-order valence-corrected chi connectivity index (χ2v) is 10.4. The van der Waals surface area contributed by atoms with Crippen molar-refractivity contribution in [3.8, 4) is 0 Å². The summed E-state index contributed by atoms with van der Waals surface area (Å²) >= 11 is 0. The second-order valence-electron chi connectivity index (χ2n) is 10.4. The van der Waals surface area contributed by atoms with Gasteiger partial charge in [-0.2, -0.15) is 0 Å². The lowest BCUT2D eigenvalue weighted by Gasteiger charge is -2.32. The summed E-state index contributed by atoms with van der Waals surface area (Å²) < 4.78 is 22.3. The molecule has 0 aromatic rings. The average Bonchev–Trinajstić information content (AvgIpc) is 3.50. The molecular formula is C24H34O8. The van der Waals surface area contributed by atoms with Crippen LogP contribution in [-0.2, 0) is 38.1 Å². The molecular weight excluding hydrogens is 416 g/mol. The lowest BCUT2D eigenvalue weighted by atomic mass is 9.78. The molecule has 0 amide bonds. The topological polar surface area (TPSA) is 105 Å². The summed E-state index contributed by atoms with van der Waals surface area (Å²) in [4.78, 5) is 50.5. The Morgan fingerprint density at radius 2 is 1.81 bits per heavy atom. The maximum absolute atomic E-state index is 13.0. The van der Waals surface area contributed by atoms with E-state index < -0.39 is 59.6 Å². The Morgan fingerprint density at radius 3 is 2.44 bits per heavy atom. The molecule has 1 saturated heterocycles. The zero-order chi connectivity index (χ0) is 23.3. The highest BCUT2D eigenvalue weighted by atomic mass is 16.6. The third-order valence-electron chi connectivity index (χ3n) is 8.32. The van der Waals surface area contributed by atoms with Crippen LogP contribution in [0.3, 0.4) is 0 Å². The third kappa shape index (κ3) is 3.79. The molecule has 0 radical (unpaired) electrons. The van der Waals surface area contributed by atoms with Crippen molar-refractivity contribution in [3.05, 3.63) is 0 Å². The van der Waals surface area contributed by atoms with Gasteiger partial charge in [-0.05, 0) is 58.8 Å². The number of carbonyl (C=O) groups excluding carboxylic acids is 4. The standard InChI is InChI=1S/C24H34O8/c1-5-23(3,4)22(28)31-19-13-11-14-17(21(27)30-18(14)19)16(13)20(26)29-12-15(25)32-24(6-2)9-7-8-10-24/h13-14,16-19H,5-12H2,1-4H3. The van der Waals surface area contributed by atoms with Gasteiger partial charge >= 0.3 is 23.9 Å². The molecule has 32 heavy (non-hydrogen) atoms. The summed E-state index contributed by atoms with van der Waals surface area (Å²) in [5.41, 5.74) is -1.12. The Bertz CT molecular complexity index is 796. The van der Waals surface area contributed by atoms with Gasteiger partial charge in [0.2, 0.25) is 0 Å². The van der Waals surface area contributed by atoms with E-state index in [2.05, 4.69) is 0 Å². The molecule has 4 aliphatic rings. The van der Waals surface area contributed by atoms with Crippen LogP contribution in [0.4, 0.5) is 0 Å². The number of ether oxygens (including phenoxy) is 4. The van der Waals surface area contributed by atoms with Gasteiger partial charge in [0.25, 0.3) is 0 Å². The van der Waals surface area contributed by atoms with Gasteiger partial charge in [-0.1, -0.05) is 13.8 Å². The highest BCUT2D eigenvalue weighted by molar-refractivity contribution is 5.87. The van der Waals surface area contributed by atoms with Crippen molar-refractivity contribution in [2.75, 3.05) is 6.61 Å². The van der Waals surface area contributed by atoms with Gasteiger partial charge in [-0.15, -0.1) is 0 Å². The smallest absolute Gasteiger partial charge is 0.344 e. The summed E-state index contributed by atoms with van der Waals surface area (Å²) in [6.07, 6.45) is 4.43. The van der Waals surface area contributed by atoms with E-state index in [1.807, 2.05) is 13.8 Å². The minimum atomic E-state index is -0.770. The van der Waals surface area contributed by atoms with Crippen molar-refractivity contribution in [2.24, 2.45) is 29.1 Å². The van der Waals surface area contributed by atoms with Crippen LogP contribution in [-0.4, -0.2) is 48.3 Å². The van der Waals surface area contributed by atoms with E-state index >= 15 is 0 Å². The Labute approximate surface area is 188 Å². The fourth-order valence-corrected chi connectivity index (χ4v) is 5.94. The van der Waals surface area contributed by atoms with E-state index in [4.69, 9.17) is 18.9 Å². The van der Waals surface area contributed by atoms with Gasteiger partial charge in [0.15, 0.2) is 6.61 Å². The first kappa shape index (κ1) is 23.1. The maximum Gasteiger partial charge on any atom is 0.344 e. The van der Waals surface area contributed by atoms with Crippen molar-refractivity contribution in [3.63, 3.8) is 0 Å². The molecule has 178 valence electrons. The monoisotopic (exact) mass is 450 g/mol. The largest absolute Gasteiger partial charge is 0.458 e. The molecule has 4 rings (SSSR count). The fourth-order valence-electron chi connectivity index (χ4n) is 5.94. The molecule has 3 saturated carbocycles. The Kier molecular flexibility index (Phi) is 6.01. The number of rotatable bonds is 8. The second kappa shape index (κ2) is 8.34. The van der Waals surface area contributed by atoms with E-state index in [9.17, 15) is 19.2 Å². The highest BCUT2D eigenvalue weighted by Gasteiger charge is 2.70. The predicted molar refractivity (Wildman–Crippen MR) is 111 cm³/mol. The maximum atomic E-state index is 13.0. The molecule has 8 heteroatoms. The average molecular weight is 451 g/mol. The lowest BCUT2D eigenvalue weighted by molar-refractivity contribution is -0.177. The number of hydrogen-bond acceptors (Lipinski definition) is 8. The first-order valence-corrected chi connectivity index (χ1v) is 11.9. The van der Waals surface area contributed by atoms with Crippen LogP contribution >= 0.6 is 0 Å². The zero-order valence-corrected chi connectivity index (χ0v) is 19.4. The van der Waals surface area contributed by atoms with Crippen molar-refractivity contribution in [1.29, 1.82) is 0 Å². The lowest BCUT2D eigenvalue weighted by Crippen LogP contribution is -2.45. The molecule has 0 aromatic heterocycles. The van der Waals surface area contributed by atoms with Gasteiger partial charge < -0.3 is 18.9 Å². The number of esters is 4. The van der Waals surface area contributed by atoms with Crippen molar-refractivity contribution in [1.82, 2.24) is 0 Å². The van der Waals surface area contributed by atoms with Gasteiger partial charge in [0.05, 0.1) is 17.3 Å². The summed E-state index contributed by atoms with van der Waals surface area (Å²) in [7, 11) is 0. The first-order valence-electron chi connectivity index (χ1n) is 11.9. The zero-order valence-electron chi connectivity index (χ0n) is 19.4. The van der Waals surface area contributed by atoms with E-state index in [1.54, 1.807) is 13.8 Å². The van der Waals surface area contributed by atoms with Gasteiger partial charge in [0, 0.05) is 11.8 Å². The summed E-state index contributed by atoms with van der Waals surface area (Å²) in [5.74, 6) is -3.88. The Balaban J connectivity index is 1.40. The van der Waals surface area contributed by atoms with Crippen molar-refractivity contribution in [2.45, 2.75) is 90.4 Å². The molecule has 8 nitrogen and oxygen atoms in total. The van der Waals surface area contributed by atoms with Crippen LogP contribution < -0.4 is 0 Å². The van der Waals surface area contributed by atoms with E-state index in [-0.39, 0.29) is 17.8 Å². The quantitative estimate of drug-likeness (QED) is 0.411. The molecule has 2 bridgehead atoms. The number of carbonyl (C=O) groups is 4. The Hall–Kier alpha value is -2.12. The van der Waals surface area contributed by atoms with Crippen LogP contribution in [0.15, 0.2) is 0 Å². The molecule has 6 unspecified atom stereocenters. The van der Waals surface area contributed by atoms with Gasteiger partial charge in [-0.3, -0.25) is 14.4 Å². The minimum absolute atomic E-state index is 0.165. The van der Waals surface area contributed by atoms with Crippen molar-refractivity contribution < 1.29 is 38.1 Å². The van der Waals surface area contributed by atoms with Crippen LogP contribution in [0.1, 0.15) is 72.6 Å². The van der Waals surface area contributed by atoms with E-state index in [1.165, 1.54) is 0 Å². The summed E-state index contributed by atoms with van der Waals surface area (Å²) in [6.45, 7) is 7.02. The molecule has 1 aliphatic heterocycles. The van der Waals surface area contributed by atoms with Crippen LogP contribution in [0.2, 0.25) is 0 Å². The third-order valence-corrected chi connectivity index (χ3v) is 8.32. The van der Waals surface area contributed by atoms with Crippen LogP contribution in [0.25, 0.3) is 0 Å². The molecule has 1 heterocycles. The SMILES string of the molecule is CCC1(OC(=O)COC(=O)C2C3CC4C(OC(=O)C42)C3OC(=O)C(C)(C)CC)CCCC1. The first-order chi connectivity index (χ1) is 15.1. The van der Waals surface area contributed by atoms with Crippen molar-refractivity contribution >= 4 is 23.9 Å². The normalized spacial score (nSPS) is 34.3. The van der Waals surface area contributed by atoms with Crippen LogP contribution in [0.5, 0.6) is 0 Å². The summed E-state index contributed by atoms with van der Waals surface area (Å²) in [5, 5.41) is 0. The number of hydrogen-bond donors (Lipinski definition) is 0. The molecule has 0 aromatic carbocycles. The van der Waals surface area contributed by atoms with E-state index in [0.29, 0.717) is 12.8 Å². The molecule has 0 spiro atoms. The van der Waals surface area contributed by atoms with Crippen LogP contribution in [0, 0.1) is 29.1 Å². The molecule has 4 fully saturated rings. The minimum Gasteiger partial charge on any atom is -0.458 e. The Morgan fingerprint density at radius 1 is 1.12 bits per heavy atom.